The van der Waals surface area contributed by atoms with Gasteiger partial charge in [0.05, 0.1) is 4.21 Å². The zero-order chi connectivity index (χ0) is 26.3. The average Bonchev–Trinajstić information content (AvgIpc) is 3.26. The Bertz CT molecular complexity index is 1440. The fraction of sp³-hybridized carbons (Fsp3) is 0.241. The number of thioether (sulfide) groups is 1. The highest BCUT2D eigenvalue weighted by Gasteiger charge is 2.42. The van der Waals surface area contributed by atoms with Gasteiger partial charge in [-0.05, 0) is 61.8 Å². The van der Waals surface area contributed by atoms with Crippen LogP contribution in [-0.2, 0) is 9.59 Å². The molecule has 37 heavy (non-hydrogen) atoms. The number of dihydropyridines is 1. The highest BCUT2D eigenvalue weighted by Crippen LogP contribution is 2.49. The Hall–Kier alpha value is -3.23. The fourth-order valence-corrected chi connectivity index (χ4v) is 7.20. The van der Waals surface area contributed by atoms with E-state index in [-0.39, 0.29) is 11.7 Å². The van der Waals surface area contributed by atoms with Crippen molar-refractivity contribution in [3.05, 3.63) is 105 Å². The van der Waals surface area contributed by atoms with E-state index >= 15 is 0 Å². The first kappa shape index (κ1) is 25.4. The number of amides is 1. The fourth-order valence-electron chi connectivity index (χ4n) is 5.28. The number of Topliss-reactive ketones (excluding diaryl/α,β-unsaturated/α-hetero) is 1. The lowest BCUT2D eigenvalue weighted by atomic mass is 9.72. The van der Waals surface area contributed by atoms with E-state index in [0.29, 0.717) is 29.7 Å². The first-order valence-electron chi connectivity index (χ1n) is 12.0. The van der Waals surface area contributed by atoms with Crippen LogP contribution in [0.25, 0.3) is 0 Å². The Labute approximate surface area is 222 Å². The molecule has 2 aromatic carbocycles. The van der Waals surface area contributed by atoms with Crippen molar-refractivity contribution in [3.8, 4) is 0 Å². The second-order valence-corrected chi connectivity index (χ2v) is 11.6. The summed E-state index contributed by atoms with van der Waals surface area (Å²) in [7, 11) is 0. The number of allylic oxidation sites excluding steroid dienone is 3. The van der Waals surface area contributed by atoms with E-state index in [1.54, 1.807) is 30.0 Å². The molecule has 8 heteroatoms. The summed E-state index contributed by atoms with van der Waals surface area (Å²) >= 11 is 3.17. The van der Waals surface area contributed by atoms with Gasteiger partial charge in [-0.1, -0.05) is 36.4 Å². The number of carbonyl (C=O) groups is 2. The number of hydrogen-bond acceptors (Lipinski definition) is 5. The molecule has 1 aliphatic carbocycles. The van der Waals surface area contributed by atoms with Crippen molar-refractivity contribution in [3.63, 3.8) is 0 Å². The molecule has 2 atom stereocenters. The number of carbonyl (C=O) groups excluding carboxylic acids is 2. The summed E-state index contributed by atoms with van der Waals surface area (Å²) in [5, 5.41) is 5.77. The monoisotopic (exact) mass is 536 g/mol. The van der Waals surface area contributed by atoms with Gasteiger partial charge in [-0.15, -0.1) is 23.1 Å². The smallest absolute Gasteiger partial charge is 0.254 e. The molecule has 1 amide bonds. The van der Waals surface area contributed by atoms with E-state index in [0.717, 1.165) is 38.0 Å². The SMILES string of the molecule is CSc1sc(C)cc1[C@@H]1C(C(=O)Nc2c(F)cccc2F)=C(C)NC2=C1C(=O)C[C@@H](c1ccccc1)C2. The maximum absolute atomic E-state index is 14.4. The van der Waals surface area contributed by atoms with Crippen molar-refractivity contribution in [1.82, 2.24) is 5.32 Å². The molecule has 0 unspecified atom stereocenters. The van der Waals surface area contributed by atoms with Gasteiger partial charge in [0.15, 0.2) is 5.78 Å². The normalized spacial score (nSPS) is 19.5. The Morgan fingerprint density at radius 2 is 1.76 bits per heavy atom. The highest BCUT2D eigenvalue weighted by molar-refractivity contribution is 8.00. The second kappa shape index (κ2) is 10.3. The maximum atomic E-state index is 14.4. The van der Waals surface area contributed by atoms with Crippen LogP contribution in [0.1, 0.15) is 47.6 Å². The minimum Gasteiger partial charge on any atom is -0.362 e. The molecule has 0 radical (unpaired) electrons. The number of nitrogens with one attached hydrogen (secondary N) is 2. The molecule has 1 aromatic heterocycles. The lowest BCUT2D eigenvalue weighted by Crippen LogP contribution is -2.37. The van der Waals surface area contributed by atoms with Crippen LogP contribution in [0.5, 0.6) is 0 Å². The summed E-state index contributed by atoms with van der Waals surface area (Å²) in [5.41, 5.74) is 3.68. The number of aryl methyl sites for hydroxylation is 1. The molecule has 2 heterocycles. The van der Waals surface area contributed by atoms with Crippen LogP contribution >= 0.6 is 23.1 Å². The number of ketones is 1. The lowest BCUT2D eigenvalue weighted by Gasteiger charge is -2.37. The summed E-state index contributed by atoms with van der Waals surface area (Å²) in [4.78, 5) is 28.5. The highest BCUT2D eigenvalue weighted by atomic mass is 32.2. The maximum Gasteiger partial charge on any atom is 0.254 e. The van der Waals surface area contributed by atoms with Crippen molar-refractivity contribution < 1.29 is 18.4 Å². The number of rotatable bonds is 5. The zero-order valence-electron chi connectivity index (χ0n) is 20.7. The second-order valence-electron chi connectivity index (χ2n) is 9.28. The van der Waals surface area contributed by atoms with Gasteiger partial charge < -0.3 is 10.6 Å². The molecule has 0 bridgehead atoms. The minimum absolute atomic E-state index is 0.0283. The van der Waals surface area contributed by atoms with Gasteiger partial charge in [0, 0.05) is 39.8 Å². The molecule has 2 aliphatic rings. The van der Waals surface area contributed by atoms with Crippen LogP contribution in [-0.4, -0.2) is 17.9 Å². The average molecular weight is 537 g/mol. The van der Waals surface area contributed by atoms with Crippen LogP contribution in [0.4, 0.5) is 14.5 Å². The molecule has 5 rings (SSSR count). The molecule has 2 N–H and O–H groups in total. The quantitative estimate of drug-likeness (QED) is 0.343. The van der Waals surface area contributed by atoms with Crippen LogP contribution in [0, 0.1) is 18.6 Å². The van der Waals surface area contributed by atoms with E-state index < -0.39 is 29.1 Å². The summed E-state index contributed by atoms with van der Waals surface area (Å²) in [6, 6.07) is 15.4. The van der Waals surface area contributed by atoms with Crippen molar-refractivity contribution in [2.75, 3.05) is 11.6 Å². The molecule has 0 fully saturated rings. The van der Waals surface area contributed by atoms with Crippen molar-refractivity contribution in [2.24, 2.45) is 0 Å². The number of hydrogen-bond donors (Lipinski definition) is 2. The predicted octanol–water partition coefficient (Wildman–Crippen LogP) is 7.06. The molecule has 0 saturated carbocycles. The number of para-hydroxylation sites is 1. The van der Waals surface area contributed by atoms with E-state index in [1.165, 1.54) is 6.07 Å². The van der Waals surface area contributed by atoms with Gasteiger partial charge in [-0.2, -0.15) is 0 Å². The van der Waals surface area contributed by atoms with Crippen LogP contribution in [0.2, 0.25) is 0 Å². The Morgan fingerprint density at radius 3 is 2.43 bits per heavy atom. The molecular weight excluding hydrogens is 510 g/mol. The van der Waals surface area contributed by atoms with Crippen molar-refractivity contribution in [1.29, 1.82) is 0 Å². The summed E-state index contributed by atoms with van der Waals surface area (Å²) in [6.45, 7) is 3.77. The summed E-state index contributed by atoms with van der Waals surface area (Å²) in [5.74, 6) is -2.99. The van der Waals surface area contributed by atoms with E-state index in [4.69, 9.17) is 0 Å². The van der Waals surface area contributed by atoms with Gasteiger partial charge in [-0.3, -0.25) is 9.59 Å². The molecule has 0 spiro atoms. The first-order chi connectivity index (χ1) is 17.8. The number of halogens is 2. The lowest BCUT2D eigenvalue weighted by molar-refractivity contribution is -0.116. The third-order valence-electron chi connectivity index (χ3n) is 6.89. The molecule has 0 saturated heterocycles. The standard InChI is InChI=1S/C29H26F2N2O2S2/c1-15-12-19(29(36-3)37-15)25-24(28(35)33-27-20(30)10-7-11-21(27)31)16(2)32-22-13-18(14-23(34)26(22)25)17-8-5-4-6-9-17/h4-12,18,25,32H,13-14H2,1-3H3,(H,33,35)/t18-,25+/m0/s1. The van der Waals surface area contributed by atoms with Gasteiger partial charge in [-0.25, -0.2) is 8.78 Å². The van der Waals surface area contributed by atoms with Gasteiger partial charge in [0.25, 0.3) is 5.91 Å². The first-order valence-corrected chi connectivity index (χ1v) is 14.0. The Morgan fingerprint density at radius 1 is 1.05 bits per heavy atom. The van der Waals surface area contributed by atoms with Crippen LogP contribution < -0.4 is 10.6 Å². The molecule has 3 aromatic rings. The third-order valence-corrected chi connectivity index (χ3v) is 9.11. The zero-order valence-corrected chi connectivity index (χ0v) is 22.3. The van der Waals surface area contributed by atoms with Crippen LogP contribution in [0.3, 0.4) is 0 Å². The largest absolute Gasteiger partial charge is 0.362 e. The van der Waals surface area contributed by atoms with Gasteiger partial charge in [0.2, 0.25) is 0 Å². The molecular formula is C29H26F2N2O2S2. The van der Waals surface area contributed by atoms with E-state index in [9.17, 15) is 18.4 Å². The van der Waals surface area contributed by atoms with Crippen molar-refractivity contribution >= 4 is 40.5 Å². The number of thiophene rings is 1. The predicted molar refractivity (Wildman–Crippen MR) is 145 cm³/mol. The summed E-state index contributed by atoms with van der Waals surface area (Å²) < 4.78 is 29.8. The van der Waals surface area contributed by atoms with Crippen molar-refractivity contribution in [2.45, 2.75) is 42.7 Å². The molecule has 1 aliphatic heterocycles. The molecule has 190 valence electrons. The van der Waals surface area contributed by atoms with Gasteiger partial charge in [0.1, 0.15) is 17.3 Å². The topological polar surface area (TPSA) is 58.2 Å². The number of benzene rings is 2. The molecule has 4 nitrogen and oxygen atoms in total. The van der Waals surface area contributed by atoms with Crippen LogP contribution in [0.15, 0.2) is 81.3 Å². The Balaban J connectivity index is 1.61. The number of anilines is 1. The third kappa shape index (κ3) is 4.76. The van der Waals surface area contributed by atoms with E-state index in [2.05, 4.69) is 10.6 Å². The summed E-state index contributed by atoms with van der Waals surface area (Å²) in [6.07, 6.45) is 2.92. The minimum atomic E-state index is -0.859. The van der Waals surface area contributed by atoms with E-state index in [1.807, 2.05) is 49.6 Å². The van der Waals surface area contributed by atoms with Gasteiger partial charge >= 0.3 is 0 Å². The Kier molecular flexibility index (Phi) is 7.05.